The van der Waals surface area contributed by atoms with Gasteiger partial charge in [0.15, 0.2) is 0 Å². The summed E-state index contributed by atoms with van der Waals surface area (Å²) in [5.74, 6) is 1.58. The first kappa shape index (κ1) is 16.5. The number of hydrogen-bond acceptors (Lipinski definition) is 3. The summed E-state index contributed by atoms with van der Waals surface area (Å²) >= 11 is 0. The van der Waals surface area contributed by atoms with Gasteiger partial charge in [0, 0.05) is 38.2 Å². The molecule has 0 aliphatic carbocycles. The van der Waals surface area contributed by atoms with E-state index in [2.05, 4.69) is 25.1 Å². The number of amides is 2. The number of aryl methyl sites for hydroxylation is 2. The maximum absolute atomic E-state index is 12.0. The van der Waals surface area contributed by atoms with Crippen LogP contribution >= 0.6 is 0 Å². The van der Waals surface area contributed by atoms with Crippen LogP contribution in [0.1, 0.15) is 17.8 Å². The molecule has 6 nitrogen and oxygen atoms in total. The zero-order valence-corrected chi connectivity index (χ0v) is 14.3. The zero-order valence-electron chi connectivity index (χ0n) is 14.3. The molecule has 1 fully saturated rings. The van der Waals surface area contributed by atoms with Gasteiger partial charge in [-0.25, -0.2) is 9.78 Å². The number of benzene rings is 1. The Morgan fingerprint density at radius 3 is 2.83 bits per heavy atom. The maximum Gasteiger partial charge on any atom is 0.319 e. The molecule has 1 aliphatic rings. The van der Waals surface area contributed by atoms with Gasteiger partial charge in [-0.2, -0.15) is 0 Å². The molecule has 6 heteroatoms. The normalized spacial score (nSPS) is 17.8. The molecule has 0 radical (unpaired) electrons. The molecule has 2 heterocycles. The van der Waals surface area contributed by atoms with Crippen LogP contribution in [0.3, 0.4) is 0 Å². The number of rotatable bonds is 5. The summed E-state index contributed by atoms with van der Waals surface area (Å²) in [7, 11) is 2.02. The third-order valence-electron chi connectivity index (χ3n) is 4.52. The molecule has 0 spiro atoms. The monoisotopic (exact) mass is 327 g/mol. The van der Waals surface area contributed by atoms with E-state index in [9.17, 15) is 4.79 Å². The lowest BCUT2D eigenvalue weighted by Gasteiger charge is -2.16. The Kier molecular flexibility index (Phi) is 5.15. The van der Waals surface area contributed by atoms with E-state index in [1.807, 2.05) is 50.6 Å². The predicted molar refractivity (Wildman–Crippen MR) is 94.8 cm³/mol. The lowest BCUT2D eigenvalue weighted by Crippen LogP contribution is -2.34. The summed E-state index contributed by atoms with van der Waals surface area (Å²) in [6, 6.07) is 7.67. The van der Waals surface area contributed by atoms with Crippen molar-refractivity contribution in [1.29, 1.82) is 0 Å². The minimum absolute atomic E-state index is 0.138. The number of carbonyl (C=O) groups is 1. The molecule has 3 rings (SSSR count). The number of aromatic nitrogens is 2. The number of urea groups is 1. The van der Waals surface area contributed by atoms with Gasteiger partial charge in [-0.3, -0.25) is 4.90 Å². The van der Waals surface area contributed by atoms with Crippen LogP contribution in [0.4, 0.5) is 10.5 Å². The van der Waals surface area contributed by atoms with Crippen molar-refractivity contribution in [2.45, 2.75) is 19.9 Å². The lowest BCUT2D eigenvalue weighted by molar-refractivity contribution is 0.249. The molecule has 1 aromatic heterocycles. The van der Waals surface area contributed by atoms with Gasteiger partial charge in [0.25, 0.3) is 0 Å². The van der Waals surface area contributed by atoms with Crippen molar-refractivity contribution in [2.75, 3.05) is 25.0 Å². The van der Waals surface area contributed by atoms with Crippen molar-refractivity contribution in [3.8, 4) is 0 Å². The highest BCUT2D eigenvalue weighted by molar-refractivity contribution is 5.89. The van der Waals surface area contributed by atoms with E-state index in [4.69, 9.17) is 0 Å². The number of imidazole rings is 1. The van der Waals surface area contributed by atoms with Crippen LogP contribution in [0, 0.1) is 12.8 Å². The molecule has 1 saturated heterocycles. The molecule has 0 saturated carbocycles. The van der Waals surface area contributed by atoms with Crippen LogP contribution in [0.15, 0.2) is 36.7 Å². The highest BCUT2D eigenvalue weighted by atomic mass is 16.2. The molecular formula is C18H25N5O. The third kappa shape index (κ3) is 4.35. The Morgan fingerprint density at radius 2 is 2.12 bits per heavy atom. The first-order valence-electron chi connectivity index (χ1n) is 8.40. The average molecular weight is 327 g/mol. The Labute approximate surface area is 142 Å². The standard InChI is InChI=1S/C18H25N5O/c1-14-3-5-16(6-4-14)21-18(24)20-11-15-7-9-23(12-15)13-17-19-8-10-22(17)2/h3-6,8,10,15H,7,9,11-13H2,1-2H3,(H2,20,21,24). The Hall–Kier alpha value is -2.34. The van der Waals surface area contributed by atoms with Gasteiger partial charge in [-0.15, -0.1) is 0 Å². The molecule has 1 atom stereocenters. The van der Waals surface area contributed by atoms with Crippen LogP contribution in [0.5, 0.6) is 0 Å². The van der Waals surface area contributed by atoms with Crippen LogP contribution in [0.25, 0.3) is 0 Å². The summed E-state index contributed by atoms with van der Waals surface area (Å²) in [6.07, 6.45) is 4.91. The summed E-state index contributed by atoms with van der Waals surface area (Å²) in [4.78, 5) is 18.8. The second-order valence-corrected chi connectivity index (χ2v) is 6.55. The van der Waals surface area contributed by atoms with E-state index < -0.39 is 0 Å². The summed E-state index contributed by atoms with van der Waals surface area (Å²) in [6.45, 7) is 5.65. The minimum atomic E-state index is -0.138. The summed E-state index contributed by atoms with van der Waals surface area (Å²) < 4.78 is 2.06. The fourth-order valence-corrected chi connectivity index (χ4v) is 3.02. The Balaban J connectivity index is 1.40. The minimum Gasteiger partial charge on any atom is -0.338 e. The van der Waals surface area contributed by atoms with E-state index in [1.54, 1.807) is 0 Å². The summed E-state index contributed by atoms with van der Waals surface area (Å²) in [5.41, 5.74) is 2.00. The largest absolute Gasteiger partial charge is 0.338 e. The SMILES string of the molecule is Cc1ccc(NC(=O)NCC2CCN(Cc3nccn3C)C2)cc1. The maximum atomic E-state index is 12.0. The van der Waals surface area contributed by atoms with E-state index in [0.717, 1.165) is 37.6 Å². The first-order valence-corrected chi connectivity index (χ1v) is 8.40. The molecule has 2 amide bonds. The van der Waals surface area contributed by atoms with Crippen molar-refractivity contribution in [1.82, 2.24) is 19.8 Å². The van der Waals surface area contributed by atoms with Gasteiger partial charge in [-0.05, 0) is 37.9 Å². The fraction of sp³-hybridized carbons (Fsp3) is 0.444. The van der Waals surface area contributed by atoms with Gasteiger partial charge in [0.1, 0.15) is 5.82 Å². The first-order chi connectivity index (χ1) is 11.6. The van der Waals surface area contributed by atoms with Gasteiger partial charge in [-0.1, -0.05) is 17.7 Å². The molecular weight excluding hydrogens is 302 g/mol. The molecule has 0 bridgehead atoms. The molecule has 2 aromatic rings. The van der Waals surface area contributed by atoms with Crippen molar-refractivity contribution in [2.24, 2.45) is 13.0 Å². The second kappa shape index (κ2) is 7.49. The highest BCUT2D eigenvalue weighted by Gasteiger charge is 2.23. The van der Waals surface area contributed by atoms with Crippen molar-refractivity contribution in [3.63, 3.8) is 0 Å². The molecule has 1 aromatic carbocycles. The third-order valence-corrected chi connectivity index (χ3v) is 4.52. The van der Waals surface area contributed by atoms with Crippen LogP contribution in [0.2, 0.25) is 0 Å². The molecule has 1 unspecified atom stereocenters. The van der Waals surface area contributed by atoms with Crippen LogP contribution in [-0.4, -0.2) is 40.1 Å². The fourth-order valence-electron chi connectivity index (χ4n) is 3.02. The molecule has 24 heavy (non-hydrogen) atoms. The second-order valence-electron chi connectivity index (χ2n) is 6.55. The van der Waals surface area contributed by atoms with E-state index in [-0.39, 0.29) is 6.03 Å². The number of nitrogens with zero attached hydrogens (tertiary/aromatic N) is 3. The Bertz CT molecular complexity index is 679. The number of carbonyl (C=O) groups excluding carboxylic acids is 1. The van der Waals surface area contributed by atoms with Gasteiger partial charge >= 0.3 is 6.03 Å². The van der Waals surface area contributed by atoms with Gasteiger partial charge in [0.05, 0.1) is 6.54 Å². The predicted octanol–water partition coefficient (Wildman–Crippen LogP) is 2.37. The highest BCUT2D eigenvalue weighted by Crippen LogP contribution is 2.17. The van der Waals surface area contributed by atoms with Gasteiger partial charge in [0.2, 0.25) is 0 Å². The topological polar surface area (TPSA) is 62.2 Å². The van der Waals surface area contributed by atoms with E-state index in [0.29, 0.717) is 12.5 Å². The zero-order chi connectivity index (χ0) is 16.9. The number of anilines is 1. The molecule has 2 N–H and O–H groups in total. The number of likely N-dealkylation sites (tertiary alicyclic amines) is 1. The smallest absolute Gasteiger partial charge is 0.319 e. The molecule has 1 aliphatic heterocycles. The lowest BCUT2D eigenvalue weighted by atomic mass is 10.1. The van der Waals surface area contributed by atoms with Crippen LogP contribution in [-0.2, 0) is 13.6 Å². The summed E-state index contributed by atoms with van der Waals surface area (Å²) in [5, 5.41) is 5.85. The van der Waals surface area contributed by atoms with Crippen molar-refractivity contribution in [3.05, 3.63) is 48.0 Å². The van der Waals surface area contributed by atoms with Crippen LogP contribution < -0.4 is 10.6 Å². The quantitative estimate of drug-likeness (QED) is 0.886. The number of hydrogen-bond donors (Lipinski definition) is 2. The van der Waals surface area contributed by atoms with Gasteiger partial charge < -0.3 is 15.2 Å². The molecule has 128 valence electrons. The van der Waals surface area contributed by atoms with Crippen molar-refractivity contribution >= 4 is 11.7 Å². The number of nitrogens with one attached hydrogen (secondary N) is 2. The average Bonchev–Trinajstić information content (AvgIpc) is 3.18. The van der Waals surface area contributed by atoms with E-state index >= 15 is 0 Å². The Morgan fingerprint density at radius 1 is 1.33 bits per heavy atom. The van der Waals surface area contributed by atoms with Crippen molar-refractivity contribution < 1.29 is 4.79 Å². The van der Waals surface area contributed by atoms with E-state index in [1.165, 1.54) is 5.56 Å².